The summed E-state index contributed by atoms with van der Waals surface area (Å²) < 4.78 is 5.90. The molecule has 0 saturated carbocycles. The predicted molar refractivity (Wildman–Crippen MR) is 80.4 cm³/mol. The van der Waals surface area contributed by atoms with Crippen LogP contribution >= 0.6 is 0 Å². The summed E-state index contributed by atoms with van der Waals surface area (Å²) in [5.74, 6) is 0.557. The monoisotopic (exact) mass is 270 g/mol. The van der Waals surface area contributed by atoms with Gasteiger partial charge in [-0.05, 0) is 24.0 Å². The standard InChI is InChI=1S/C16H18N2O2/c1-9(2)11-7-6-10(3)13-14(19)12(8-17)16(18(4)5)20-15(11)13/h6-7,9H,1-5H3. The third-order valence-corrected chi connectivity index (χ3v) is 3.40. The first-order valence-corrected chi connectivity index (χ1v) is 6.56. The molecule has 2 aromatic rings. The molecule has 2 rings (SSSR count). The van der Waals surface area contributed by atoms with Crippen LogP contribution in [-0.4, -0.2) is 14.1 Å². The van der Waals surface area contributed by atoms with Crippen LogP contribution in [0.1, 0.15) is 36.5 Å². The number of hydrogen-bond donors (Lipinski definition) is 0. The van der Waals surface area contributed by atoms with Crippen molar-refractivity contribution < 1.29 is 4.42 Å². The molecule has 0 radical (unpaired) electrons. The lowest BCUT2D eigenvalue weighted by atomic mass is 9.97. The van der Waals surface area contributed by atoms with Crippen molar-refractivity contribution in [2.45, 2.75) is 26.7 Å². The van der Waals surface area contributed by atoms with Gasteiger partial charge in [0.15, 0.2) is 5.56 Å². The van der Waals surface area contributed by atoms with Gasteiger partial charge in [0.1, 0.15) is 11.7 Å². The molecule has 4 heteroatoms. The Kier molecular flexibility index (Phi) is 3.54. The molecule has 0 unspecified atom stereocenters. The maximum Gasteiger partial charge on any atom is 0.217 e. The molecule has 0 aliphatic rings. The smallest absolute Gasteiger partial charge is 0.217 e. The Morgan fingerprint density at radius 2 is 1.95 bits per heavy atom. The van der Waals surface area contributed by atoms with Gasteiger partial charge in [-0.1, -0.05) is 26.0 Å². The zero-order valence-electron chi connectivity index (χ0n) is 12.4. The highest BCUT2D eigenvalue weighted by Crippen LogP contribution is 2.30. The third-order valence-electron chi connectivity index (χ3n) is 3.40. The van der Waals surface area contributed by atoms with Gasteiger partial charge in [-0.15, -0.1) is 0 Å². The molecule has 1 aromatic heterocycles. The molecule has 0 fully saturated rings. The van der Waals surface area contributed by atoms with E-state index in [-0.39, 0.29) is 16.9 Å². The summed E-state index contributed by atoms with van der Waals surface area (Å²) in [7, 11) is 3.52. The molecule has 4 nitrogen and oxygen atoms in total. The van der Waals surface area contributed by atoms with Gasteiger partial charge in [0.2, 0.25) is 11.3 Å². The van der Waals surface area contributed by atoms with Crippen LogP contribution in [0.5, 0.6) is 0 Å². The largest absolute Gasteiger partial charge is 0.439 e. The number of fused-ring (bicyclic) bond motifs is 1. The highest BCUT2D eigenvalue weighted by molar-refractivity contribution is 5.86. The van der Waals surface area contributed by atoms with Crippen LogP contribution in [0.25, 0.3) is 11.0 Å². The Morgan fingerprint density at radius 1 is 1.30 bits per heavy atom. The second-order valence-electron chi connectivity index (χ2n) is 5.45. The molecular formula is C16H18N2O2. The molecule has 20 heavy (non-hydrogen) atoms. The normalized spacial score (nSPS) is 10.8. The van der Waals surface area contributed by atoms with Crippen molar-refractivity contribution in [3.63, 3.8) is 0 Å². The Morgan fingerprint density at radius 3 is 2.45 bits per heavy atom. The fourth-order valence-electron chi connectivity index (χ4n) is 2.33. The van der Waals surface area contributed by atoms with Crippen LogP contribution in [0.15, 0.2) is 21.3 Å². The van der Waals surface area contributed by atoms with Gasteiger partial charge in [0.25, 0.3) is 0 Å². The average Bonchev–Trinajstić information content (AvgIpc) is 2.37. The van der Waals surface area contributed by atoms with Crippen molar-refractivity contribution in [3.05, 3.63) is 39.0 Å². The Hall–Kier alpha value is -2.28. The van der Waals surface area contributed by atoms with Gasteiger partial charge in [0, 0.05) is 14.1 Å². The maximum atomic E-state index is 12.6. The first kappa shape index (κ1) is 14.1. The van der Waals surface area contributed by atoms with E-state index in [2.05, 4.69) is 13.8 Å². The highest BCUT2D eigenvalue weighted by atomic mass is 16.4. The van der Waals surface area contributed by atoms with E-state index in [0.717, 1.165) is 11.1 Å². The summed E-state index contributed by atoms with van der Waals surface area (Å²) >= 11 is 0. The third kappa shape index (κ3) is 2.05. The maximum absolute atomic E-state index is 12.6. The Labute approximate surface area is 118 Å². The number of anilines is 1. The summed E-state index contributed by atoms with van der Waals surface area (Å²) in [5.41, 5.74) is 2.21. The van der Waals surface area contributed by atoms with E-state index in [9.17, 15) is 10.1 Å². The lowest BCUT2D eigenvalue weighted by Crippen LogP contribution is -2.18. The molecule has 1 aromatic carbocycles. The molecule has 1 heterocycles. The van der Waals surface area contributed by atoms with Crippen LogP contribution in [0, 0.1) is 18.3 Å². The lowest BCUT2D eigenvalue weighted by Gasteiger charge is -2.16. The molecule has 0 atom stereocenters. The minimum Gasteiger partial charge on any atom is -0.439 e. The number of hydrogen-bond acceptors (Lipinski definition) is 4. The summed E-state index contributed by atoms with van der Waals surface area (Å²) in [6.07, 6.45) is 0. The van der Waals surface area contributed by atoms with Gasteiger partial charge in [-0.3, -0.25) is 4.79 Å². The SMILES string of the molecule is Cc1ccc(C(C)C)c2oc(N(C)C)c(C#N)c(=O)c12. The number of nitrogens with zero attached hydrogens (tertiary/aromatic N) is 2. The number of aryl methyl sites for hydroxylation is 1. The quantitative estimate of drug-likeness (QED) is 0.841. The topological polar surface area (TPSA) is 57.2 Å². The van der Waals surface area contributed by atoms with E-state index in [1.54, 1.807) is 19.0 Å². The van der Waals surface area contributed by atoms with E-state index < -0.39 is 0 Å². The van der Waals surface area contributed by atoms with E-state index in [4.69, 9.17) is 4.42 Å². The van der Waals surface area contributed by atoms with Crippen molar-refractivity contribution >= 4 is 16.9 Å². The van der Waals surface area contributed by atoms with Gasteiger partial charge in [-0.25, -0.2) is 0 Å². The van der Waals surface area contributed by atoms with Crippen LogP contribution < -0.4 is 10.3 Å². The van der Waals surface area contributed by atoms with E-state index in [1.807, 2.05) is 25.1 Å². The Bertz CT molecular complexity index is 765. The summed E-state index contributed by atoms with van der Waals surface area (Å²) in [5, 5.41) is 9.75. The van der Waals surface area contributed by atoms with Crippen LogP contribution in [0.3, 0.4) is 0 Å². The molecule has 0 amide bonds. The molecule has 0 aliphatic carbocycles. The summed E-state index contributed by atoms with van der Waals surface area (Å²) in [4.78, 5) is 14.2. The molecular weight excluding hydrogens is 252 g/mol. The molecule has 0 spiro atoms. The van der Waals surface area contributed by atoms with Crippen LogP contribution in [-0.2, 0) is 0 Å². The number of benzene rings is 1. The van der Waals surface area contributed by atoms with E-state index in [1.165, 1.54) is 0 Å². The Balaban J connectivity index is 3.05. The number of rotatable bonds is 2. The van der Waals surface area contributed by atoms with Crippen molar-refractivity contribution in [1.82, 2.24) is 0 Å². The molecule has 0 aliphatic heterocycles. The van der Waals surface area contributed by atoms with Gasteiger partial charge < -0.3 is 9.32 Å². The average molecular weight is 270 g/mol. The fourth-order valence-corrected chi connectivity index (χ4v) is 2.33. The zero-order chi connectivity index (χ0) is 15.0. The predicted octanol–water partition coefficient (Wildman–Crippen LogP) is 3.16. The molecule has 104 valence electrons. The first-order valence-electron chi connectivity index (χ1n) is 6.56. The van der Waals surface area contributed by atoms with Crippen molar-refractivity contribution in [1.29, 1.82) is 5.26 Å². The van der Waals surface area contributed by atoms with Crippen molar-refractivity contribution in [3.8, 4) is 6.07 Å². The van der Waals surface area contributed by atoms with Gasteiger partial charge in [0.05, 0.1) is 5.39 Å². The highest BCUT2D eigenvalue weighted by Gasteiger charge is 2.20. The van der Waals surface area contributed by atoms with Gasteiger partial charge in [-0.2, -0.15) is 5.26 Å². The van der Waals surface area contributed by atoms with E-state index in [0.29, 0.717) is 16.9 Å². The van der Waals surface area contributed by atoms with Crippen molar-refractivity contribution in [2.24, 2.45) is 0 Å². The molecule has 0 saturated heterocycles. The van der Waals surface area contributed by atoms with Crippen LogP contribution in [0.4, 0.5) is 5.88 Å². The summed E-state index contributed by atoms with van der Waals surface area (Å²) in [6.45, 7) is 5.97. The lowest BCUT2D eigenvalue weighted by molar-refractivity contribution is 0.587. The van der Waals surface area contributed by atoms with Gasteiger partial charge >= 0.3 is 0 Å². The minimum atomic E-state index is -0.252. The van der Waals surface area contributed by atoms with Crippen molar-refractivity contribution in [2.75, 3.05) is 19.0 Å². The second kappa shape index (κ2) is 5.01. The number of nitriles is 1. The summed E-state index contributed by atoms with van der Waals surface area (Å²) in [6, 6.07) is 5.86. The van der Waals surface area contributed by atoms with Crippen LogP contribution in [0.2, 0.25) is 0 Å². The molecule has 0 bridgehead atoms. The second-order valence-corrected chi connectivity index (χ2v) is 5.45. The zero-order valence-corrected chi connectivity index (χ0v) is 12.4. The fraction of sp³-hybridized carbons (Fsp3) is 0.375. The van der Waals surface area contributed by atoms with E-state index >= 15 is 0 Å². The first-order chi connectivity index (χ1) is 9.38. The minimum absolute atomic E-state index is 0.0616. The molecule has 0 N–H and O–H groups in total.